The lowest BCUT2D eigenvalue weighted by molar-refractivity contribution is 0.939. The molecule has 2 heterocycles. The molecule has 0 aliphatic carbocycles. The molecule has 0 radical (unpaired) electrons. The highest BCUT2D eigenvalue weighted by Crippen LogP contribution is 2.21. The topological polar surface area (TPSA) is 50.2 Å². The largest absolute Gasteiger partial charge is 0.326 e. The Bertz CT molecular complexity index is 783. The van der Waals surface area contributed by atoms with Gasteiger partial charge in [-0.15, -0.1) is 0 Å². The highest BCUT2D eigenvalue weighted by atomic mass is 16.1. The van der Waals surface area contributed by atoms with Crippen molar-refractivity contribution in [3.05, 3.63) is 58.1 Å². The number of fused-ring (bicyclic) bond motifs is 1. The molecule has 1 aromatic carbocycles. The molecule has 0 atom stereocenters. The fraction of sp³-hybridized carbons (Fsp3) is 0.143. The summed E-state index contributed by atoms with van der Waals surface area (Å²) < 4.78 is 1.60. The van der Waals surface area contributed by atoms with Crippen molar-refractivity contribution in [3.63, 3.8) is 0 Å². The van der Waals surface area contributed by atoms with Crippen LogP contribution in [-0.4, -0.2) is 14.6 Å². The fourth-order valence-corrected chi connectivity index (χ4v) is 1.98. The van der Waals surface area contributed by atoms with Gasteiger partial charge in [-0.2, -0.15) is 5.10 Å². The van der Waals surface area contributed by atoms with Gasteiger partial charge in [0.2, 0.25) is 0 Å². The molecule has 0 unspecified atom stereocenters. The number of hydrogen-bond donors (Lipinski definition) is 1. The average Bonchev–Trinajstić information content (AvgIpc) is 2.78. The average molecular weight is 239 g/mol. The van der Waals surface area contributed by atoms with Gasteiger partial charge in [0.1, 0.15) is 5.52 Å². The van der Waals surface area contributed by atoms with Crippen molar-refractivity contribution in [1.82, 2.24) is 14.6 Å². The maximum absolute atomic E-state index is 11.6. The molecule has 4 nitrogen and oxygen atoms in total. The first-order chi connectivity index (χ1) is 8.65. The summed E-state index contributed by atoms with van der Waals surface area (Å²) in [4.78, 5) is 14.3. The minimum atomic E-state index is -0.125. The summed E-state index contributed by atoms with van der Waals surface area (Å²) in [6.45, 7) is 4.15. The predicted octanol–water partition coefficient (Wildman–Crippen LogP) is 2.31. The van der Waals surface area contributed by atoms with Crippen LogP contribution < -0.4 is 5.56 Å². The second kappa shape index (κ2) is 3.84. The van der Waals surface area contributed by atoms with Gasteiger partial charge in [-0.1, -0.05) is 12.1 Å². The Kier molecular flexibility index (Phi) is 2.30. The molecule has 3 aromatic rings. The second-order valence-corrected chi connectivity index (χ2v) is 4.45. The number of nitrogens with zero attached hydrogens (tertiary/aromatic N) is 2. The molecule has 0 spiro atoms. The monoisotopic (exact) mass is 239 g/mol. The quantitative estimate of drug-likeness (QED) is 0.708. The molecule has 0 aliphatic rings. The molecule has 90 valence electrons. The van der Waals surface area contributed by atoms with E-state index in [1.165, 1.54) is 11.1 Å². The minimum Gasteiger partial charge on any atom is -0.326 e. The molecule has 0 amide bonds. The van der Waals surface area contributed by atoms with Crippen LogP contribution >= 0.6 is 0 Å². The maximum atomic E-state index is 11.6. The summed E-state index contributed by atoms with van der Waals surface area (Å²) in [5, 5.41) is 4.41. The number of benzene rings is 1. The highest BCUT2D eigenvalue weighted by molar-refractivity contribution is 5.66. The van der Waals surface area contributed by atoms with E-state index in [9.17, 15) is 4.79 Å². The summed E-state index contributed by atoms with van der Waals surface area (Å²) in [7, 11) is 0. The van der Waals surface area contributed by atoms with Crippen LogP contribution in [0.4, 0.5) is 0 Å². The summed E-state index contributed by atoms with van der Waals surface area (Å²) in [6.07, 6.45) is 3.33. The van der Waals surface area contributed by atoms with Gasteiger partial charge in [0.15, 0.2) is 0 Å². The SMILES string of the molecule is Cc1ccc(-c2cc3c(=O)[nH]ccn3n2)cc1C. The van der Waals surface area contributed by atoms with E-state index in [0.717, 1.165) is 11.3 Å². The number of nitrogens with one attached hydrogen (secondary N) is 1. The van der Waals surface area contributed by atoms with E-state index in [4.69, 9.17) is 0 Å². The Labute approximate surface area is 104 Å². The van der Waals surface area contributed by atoms with E-state index >= 15 is 0 Å². The molecule has 0 bridgehead atoms. The number of aryl methyl sites for hydroxylation is 2. The highest BCUT2D eigenvalue weighted by Gasteiger charge is 2.07. The zero-order valence-corrected chi connectivity index (χ0v) is 10.3. The number of rotatable bonds is 1. The van der Waals surface area contributed by atoms with Gasteiger partial charge < -0.3 is 4.98 Å². The van der Waals surface area contributed by atoms with Crippen molar-refractivity contribution in [2.45, 2.75) is 13.8 Å². The van der Waals surface area contributed by atoms with Crippen molar-refractivity contribution in [3.8, 4) is 11.3 Å². The van der Waals surface area contributed by atoms with E-state index in [1.54, 1.807) is 16.9 Å². The van der Waals surface area contributed by atoms with Crippen LogP contribution in [0.1, 0.15) is 11.1 Å². The number of aromatic nitrogens is 3. The summed E-state index contributed by atoms with van der Waals surface area (Å²) in [5.74, 6) is 0. The van der Waals surface area contributed by atoms with Crippen LogP contribution in [0.25, 0.3) is 16.8 Å². The number of hydrogen-bond acceptors (Lipinski definition) is 2. The van der Waals surface area contributed by atoms with Crippen LogP contribution in [0.5, 0.6) is 0 Å². The molecular formula is C14H13N3O. The summed E-state index contributed by atoms with van der Waals surface area (Å²) in [5.41, 5.74) is 4.75. The predicted molar refractivity (Wildman–Crippen MR) is 70.7 cm³/mol. The molecule has 4 heteroatoms. The Morgan fingerprint density at radius 2 is 2.00 bits per heavy atom. The fourth-order valence-electron chi connectivity index (χ4n) is 1.98. The van der Waals surface area contributed by atoms with Crippen molar-refractivity contribution in [2.24, 2.45) is 0 Å². The van der Waals surface area contributed by atoms with E-state index in [2.05, 4.69) is 36.1 Å². The minimum absolute atomic E-state index is 0.125. The van der Waals surface area contributed by atoms with E-state index < -0.39 is 0 Å². The Balaban J connectivity index is 2.22. The van der Waals surface area contributed by atoms with Gasteiger partial charge in [0, 0.05) is 18.0 Å². The standard InChI is InChI=1S/C14H13N3O/c1-9-3-4-11(7-10(9)2)12-8-13-14(18)15-5-6-17(13)16-12/h3-8H,1-2H3,(H,15,18). The van der Waals surface area contributed by atoms with E-state index in [-0.39, 0.29) is 5.56 Å². The third-order valence-electron chi connectivity index (χ3n) is 3.20. The van der Waals surface area contributed by atoms with Gasteiger partial charge in [-0.3, -0.25) is 4.79 Å². The normalized spacial score (nSPS) is 11.0. The zero-order valence-electron chi connectivity index (χ0n) is 10.3. The van der Waals surface area contributed by atoms with Gasteiger partial charge in [0.25, 0.3) is 5.56 Å². The first-order valence-corrected chi connectivity index (χ1v) is 5.80. The zero-order chi connectivity index (χ0) is 12.7. The van der Waals surface area contributed by atoms with E-state index in [0.29, 0.717) is 5.52 Å². The molecule has 3 rings (SSSR count). The molecular weight excluding hydrogens is 226 g/mol. The Hall–Kier alpha value is -2.36. The summed E-state index contributed by atoms with van der Waals surface area (Å²) in [6, 6.07) is 7.99. The van der Waals surface area contributed by atoms with Gasteiger partial charge in [0.05, 0.1) is 5.69 Å². The molecule has 2 aromatic heterocycles. The van der Waals surface area contributed by atoms with Crippen LogP contribution in [0.2, 0.25) is 0 Å². The van der Waals surface area contributed by atoms with Crippen LogP contribution in [0.3, 0.4) is 0 Å². The lowest BCUT2D eigenvalue weighted by Gasteiger charge is -2.01. The molecule has 18 heavy (non-hydrogen) atoms. The first-order valence-electron chi connectivity index (χ1n) is 5.80. The van der Waals surface area contributed by atoms with Crippen molar-refractivity contribution < 1.29 is 0 Å². The van der Waals surface area contributed by atoms with Crippen LogP contribution in [-0.2, 0) is 0 Å². The van der Waals surface area contributed by atoms with Crippen molar-refractivity contribution in [2.75, 3.05) is 0 Å². The molecule has 0 aliphatic heterocycles. The third-order valence-corrected chi connectivity index (χ3v) is 3.20. The van der Waals surface area contributed by atoms with Crippen molar-refractivity contribution >= 4 is 5.52 Å². The van der Waals surface area contributed by atoms with Crippen LogP contribution in [0, 0.1) is 13.8 Å². The van der Waals surface area contributed by atoms with Crippen LogP contribution in [0.15, 0.2) is 41.5 Å². The van der Waals surface area contributed by atoms with E-state index in [1.807, 2.05) is 12.1 Å². The Morgan fingerprint density at radius 1 is 1.17 bits per heavy atom. The first kappa shape index (κ1) is 10.8. The molecule has 0 saturated carbocycles. The number of aromatic amines is 1. The smallest absolute Gasteiger partial charge is 0.273 e. The lowest BCUT2D eigenvalue weighted by atomic mass is 10.0. The lowest BCUT2D eigenvalue weighted by Crippen LogP contribution is -2.07. The second-order valence-electron chi connectivity index (χ2n) is 4.45. The maximum Gasteiger partial charge on any atom is 0.273 e. The Morgan fingerprint density at radius 3 is 2.72 bits per heavy atom. The van der Waals surface area contributed by atoms with Gasteiger partial charge in [-0.05, 0) is 37.1 Å². The van der Waals surface area contributed by atoms with Crippen molar-refractivity contribution in [1.29, 1.82) is 0 Å². The summed E-state index contributed by atoms with van der Waals surface area (Å²) >= 11 is 0. The molecule has 0 fully saturated rings. The molecule has 0 saturated heterocycles. The van der Waals surface area contributed by atoms with Gasteiger partial charge in [-0.25, -0.2) is 4.52 Å². The molecule has 1 N–H and O–H groups in total. The van der Waals surface area contributed by atoms with Gasteiger partial charge >= 0.3 is 0 Å². The third kappa shape index (κ3) is 1.62. The number of H-pyrrole nitrogens is 1.